The molecule has 15 heavy (non-hydrogen) atoms. The fraction of sp³-hybridized carbons (Fsp3) is 0.545. The van der Waals surface area contributed by atoms with Crippen LogP contribution >= 0.6 is 11.8 Å². The van der Waals surface area contributed by atoms with Gasteiger partial charge in [-0.3, -0.25) is 0 Å². The predicted octanol–water partition coefficient (Wildman–Crippen LogP) is 2.13. The molecule has 2 N–H and O–H groups in total. The van der Waals surface area contributed by atoms with Crippen LogP contribution in [0.2, 0.25) is 0 Å². The molecule has 0 bridgehead atoms. The third-order valence-electron chi connectivity index (χ3n) is 2.15. The van der Waals surface area contributed by atoms with Gasteiger partial charge < -0.3 is 10.4 Å². The molecule has 0 saturated carbocycles. The van der Waals surface area contributed by atoms with Gasteiger partial charge in [0.1, 0.15) is 5.82 Å². The van der Waals surface area contributed by atoms with Crippen molar-refractivity contribution in [3.05, 3.63) is 23.9 Å². The molecule has 0 aliphatic heterocycles. The van der Waals surface area contributed by atoms with Crippen LogP contribution in [0.25, 0.3) is 0 Å². The van der Waals surface area contributed by atoms with E-state index in [2.05, 4.69) is 23.3 Å². The first-order valence-corrected chi connectivity index (χ1v) is 6.16. The highest BCUT2D eigenvalue weighted by Gasteiger charge is 2.02. The number of rotatable bonds is 6. The Hall–Kier alpha value is -0.740. The number of nitrogens with one attached hydrogen (secondary N) is 1. The quantitative estimate of drug-likeness (QED) is 0.780. The van der Waals surface area contributed by atoms with Crippen molar-refractivity contribution in [2.75, 3.05) is 19.0 Å². The van der Waals surface area contributed by atoms with Crippen molar-refractivity contribution >= 4 is 17.6 Å². The summed E-state index contributed by atoms with van der Waals surface area (Å²) in [5, 5.41) is 12.3. The Bertz CT molecular complexity index is 294. The number of pyridine rings is 1. The second kappa shape index (κ2) is 6.69. The van der Waals surface area contributed by atoms with Gasteiger partial charge in [0.05, 0.1) is 0 Å². The summed E-state index contributed by atoms with van der Waals surface area (Å²) in [5.74, 6) is 1.88. The maximum atomic E-state index is 8.78. The maximum absolute atomic E-state index is 8.78. The number of thioether (sulfide) groups is 1. The highest BCUT2D eigenvalue weighted by Crippen LogP contribution is 2.20. The van der Waals surface area contributed by atoms with Crippen molar-refractivity contribution in [1.82, 2.24) is 4.98 Å². The van der Waals surface area contributed by atoms with Crippen molar-refractivity contribution in [3.8, 4) is 0 Å². The summed E-state index contributed by atoms with van der Waals surface area (Å²) in [4.78, 5) is 4.16. The first-order chi connectivity index (χ1) is 7.26. The van der Waals surface area contributed by atoms with E-state index in [1.165, 1.54) is 5.56 Å². The van der Waals surface area contributed by atoms with Gasteiger partial charge in [-0.15, -0.1) is 0 Å². The summed E-state index contributed by atoms with van der Waals surface area (Å²) in [5.41, 5.74) is 1.27. The SMILES string of the molecule is CNc1cc(CSC(C)CCO)ccn1. The average Bonchev–Trinajstić information content (AvgIpc) is 2.27. The van der Waals surface area contributed by atoms with Gasteiger partial charge in [-0.2, -0.15) is 11.8 Å². The van der Waals surface area contributed by atoms with Crippen LogP contribution in [0.4, 0.5) is 5.82 Å². The predicted molar refractivity (Wildman–Crippen MR) is 66.2 cm³/mol. The van der Waals surface area contributed by atoms with Crippen LogP contribution in [0.15, 0.2) is 18.3 Å². The van der Waals surface area contributed by atoms with Crippen LogP contribution in [0, 0.1) is 0 Å². The Kier molecular flexibility index (Phi) is 5.50. The van der Waals surface area contributed by atoms with Crippen LogP contribution in [0.5, 0.6) is 0 Å². The lowest BCUT2D eigenvalue weighted by molar-refractivity contribution is 0.289. The molecule has 1 atom stereocenters. The van der Waals surface area contributed by atoms with Crippen LogP contribution in [-0.2, 0) is 5.75 Å². The number of aliphatic hydroxyl groups excluding tert-OH is 1. The van der Waals surface area contributed by atoms with Gasteiger partial charge >= 0.3 is 0 Å². The zero-order valence-electron chi connectivity index (χ0n) is 9.23. The molecule has 3 nitrogen and oxygen atoms in total. The monoisotopic (exact) mass is 226 g/mol. The zero-order valence-corrected chi connectivity index (χ0v) is 10.0. The lowest BCUT2D eigenvalue weighted by Crippen LogP contribution is -2.00. The fourth-order valence-electron chi connectivity index (χ4n) is 1.20. The molecule has 0 spiro atoms. The summed E-state index contributed by atoms with van der Waals surface area (Å²) in [7, 11) is 1.87. The largest absolute Gasteiger partial charge is 0.396 e. The summed E-state index contributed by atoms with van der Waals surface area (Å²) in [6, 6.07) is 4.08. The number of aromatic nitrogens is 1. The lowest BCUT2D eigenvalue weighted by atomic mass is 10.3. The number of anilines is 1. The van der Waals surface area contributed by atoms with E-state index in [4.69, 9.17) is 5.11 Å². The highest BCUT2D eigenvalue weighted by atomic mass is 32.2. The van der Waals surface area contributed by atoms with E-state index in [0.717, 1.165) is 18.0 Å². The number of nitrogens with zero attached hydrogens (tertiary/aromatic N) is 1. The Balaban J connectivity index is 2.43. The molecule has 0 aliphatic carbocycles. The highest BCUT2D eigenvalue weighted by molar-refractivity contribution is 7.99. The molecular weight excluding hydrogens is 208 g/mol. The number of aliphatic hydroxyl groups is 1. The van der Waals surface area contributed by atoms with Gasteiger partial charge in [-0.1, -0.05) is 6.92 Å². The third kappa shape index (κ3) is 4.53. The van der Waals surface area contributed by atoms with E-state index in [0.29, 0.717) is 5.25 Å². The van der Waals surface area contributed by atoms with Crippen LogP contribution in [0.1, 0.15) is 18.9 Å². The van der Waals surface area contributed by atoms with Crippen LogP contribution in [-0.4, -0.2) is 29.0 Å². The molecule has 1 aromatic heterocycles. The van der Waals surface area contributed by atoms with Crippen LogP contribution < -0.4 is 5.32 Å². The molecular formula is C11H18N2OS. The molecule has 0 fully saturated rings. The number of hydrogen-bond acceptors (Lipinski definition) is 4. The molecule has 0 amide bonds. The Morgan fingerprint density at radius 3 is 3.07 bits per heavy atom. The van der Waals surface area contributed by atoms with E-state index in [9.17, 15) is 0 Å². The Morgan fingerprint density at radius 2 is 2.40 bits per heavy atom. The first-order valence-electron chi connectivity index (χ1n) is 5.11. The summed E-state index contributed by atoms with van der Waals surface area (Å²) in [6.45, 7) is 2.41. The third-order valence-corrected chi connectivity index (χ3v) is 3.46. The van der Waals surface area contributed by atoms with Gasteiger partial charge in [0.25, 0.3) is 0 Å². The van der Waals surface area contributed by atoms with Gasteiger partial charge in [-0.05, 0) is 24.1 Å². The normalized spacial score (nSPS) is 12.5. The molecule has 4 heteroatoms. The smallest absolute Gasteiger partial charge is 0.125 e. The first kappa shape index (κ1) is 12.3. The number of hydrogen-bond donors (Lipinski definition) is 2. The minimum absolute atomic E-state index is 0.270. The average molecular weight is 226 g/mol. The van der Waals surface area contributed by atoms with E-state index in [1.54, 1.807) is 0 Å². The van der Waals surface area contributed by atoms with Gasteiger partial charge in [0.15, 0.2) is 0 Å². The second-order valence-corrected chi connectivity index (χ2v) is 4.86. The van der Waals surface area contributed by atoms with E-state index < -0.39 is 0 Å². The molecule has 0 aromatic carbocycles. The molecule has 1 aromatic rings. The molecule has 84 valence electrons. The Morgan fingerprint density at radius 1 is 1.60 bits per heavy atom. The fourth-order valence-corrected chi connectivity index (χ4v) is 2.13. The minimum Gasteiger partial charge on any atom is -0.396 e. The van der Waals surface area contributed by atoms with Crippen molar-refractivity contribution in [2.24, 2.45) is 0 Å². The molecule has 1 unspecified atom stereocenters. The van der Waals surface area contributed by atoms with Gasteiger partial charge in [0, 0.05) is 30.9 Å². The van der Waals surface area contributed by atoms with Crippen LogP contribution in [0.3, 0.4) is 0 Å². The van der Waals surface area contributed by atoms with Gasteiger partial charge in [0.2, 0.25) is 0 Å². The second-order valence-electron chi connectivity index (χ2n) is 3.43. The minimum atomic E-state index is 0.270. The van der Waals surface area contributed by atoms with Gasteiger partial charge in [-0.25, -0.2) is 4.98 Å². The molecule has 0 aliphatic rings. The molecule has 1 heterocycles. The maximum Gasteiger partial charge on any atom is 0.125 e. The zero-order chi connectivity index (χ0) is 11.1. The summed E-state index contributed by atoms with van der Waals surface area (Å²) < 4.78 is 0. The van der Waals surface area contributed by atoms with Crippen molar-refractivity contribution < 1.29 is 5.11 Å². The standard InChI is InChI=1S/C11H18N2OS/c1-9(4-6-14)15-8-10-3-5-13-11(7-10)12-2/h3,5,7,9,14H,4,6,8H2,1-2H3,(H,12,13). The van der Waals surface area contributed by atoms with E-state index in [-0.39, 0.29) is 6.61 Å². The molecule has 0 saturated heterocycles. The van der Waals surface area contributed by atoms with Crippen molar-refractivity contribution in [2.45, 2.75) is 24.3 Å². The lowest BCUT2D eigenvalue weighted by Gasteiger charge is -2.09. The summed E-state index contributed by atoms with van der Waals surface area (Å²) >= 11 is 1.86. The van der Waals surface area contributed by atoms with Crippen molar-refractivity contribution in [1.29, 1.82) is 0 Å². The molecule has 0 radical (unpaired) electrons. The molecule has 1 rings (SSSR count). The van der Waals surface area contributed by atoms with Crippen molar-refractivity contribution in [3.63, 3.8) is 0 Å². The Labute approximate surface area is 95.3 Å². The van der Waals surface area contributed by atoms with E-state index in [1.807, 2.05) is 31.1 Å². The summed E-state index contributed by atoms with van der Waals surface area (Å²) in [6.07, 6.45) is 2.67. The van der Waals surface area contributed by atoms with E-state index >= 15 is 0 Å². The topological polar surface area (TPSA) is 45.1 Å².